The molecule has 2 aromatic carbocycles. The van der Waals surface area contributed by atoms with Gasteiger partial charge in [-0.25, -0.2) is 0 Å². The molecule has 21 heavy (non-hydrogen) atoms. The maximum absolute atomic E-state index is 10.2. The third-order valence-electron chi connectivity index (χ3n) is 4.62. The summed E-state index contributed by atoms with van der Waals surface area (Å²) in [5.41, 5.74) is 3.20. The Morgan fingerprint density at radius 2 is 1.86 bits per heavy atom. The van der Waals surface area contributed by atoms with Gasteiger partial charge in [0, 0.05) is 11.5 Å². The van der Waals surface area contributed by atoms with Crippen LogP contribution in [0, 0.1) is 5.92 Å². The van der Waals surface area contributed by atoms with E-state index >= 15 is 0 Å². The van der Waals surface area contributed by atoms with Crippen LogP contribution in [-0.2, 0) is 0 Å². The van der Waals surface area contributed by atoms with Crippen molar-refractivity contribution in [1.82, 2.24) is 0 Å². The fraction of sp³-hybridized carbons (Fsp3) is 0.222. The molecule has 4 rings (SSSR count). The molecule has 2 N–H and O–H groups in total. The lowest BCUT2D eigenvalue weighted by atomic mass is 9.77. The van der Waals surface area contributed by atoms with Gasteiger partial charge in [0.1, 0.15) is 5.75 Å². The van der Waals surface area contributed by atoms with E-state index in [2.05, 4.69) is 23.5 Å². The first-order chi connectivity index (χ1) is 10.3. The zero-order valence-corrected chi connectivity index (χ0v) is 12.2. The maximum atomic E-state index is 10.2. The van der Waals surface area contributed by atoms with E-state index in [9.17, 15) is 5.11 Å². The van der Waals surface area contributed by atoms with Crippen LogP contribution in [0.1, 0.15) is 29.5 Å². The van der Waals surface area contributed by atoms with Crippen LogP contribution in [0.2, 0.25) is 5.02 Å². The molecule has 3 unspecified atom stereocenters. The first-order valence-corrected chi connectivity index (χ1v) is 7.63. The number of phenols is 1. The van der Waals surface area contributed by atoms with Gasteiger partial charge in [0.05, 0.1) is 16.8 Å². The Kier molecular flexibility index (Phi) is 2.93. The second-order valence-corrected chi connectivity index (χ2v) is 6.15. The van der Waals surface area contributed by atoms with E-state index in [1.54, 1.807) is 6.07 Å². The number of hydrogen-bond donors (Lipinski definition) is 2. The van der Waals surface area contributed by atoms with Crippen LogP contribution in [0.4, 0.5) is 5.69 Å². The van der Waals surface area contributed by atoms with Crippen LogP contribution in [0.3, 0.4) is 0 Å². The van der Waals surface area contributed by atoms with Gasteiger partial charge in [-0.3, -0.25) is 0 Å². The van der Waals surface area contributed by atoms with Gasteiger partial charge in [0.15, 0.2) is 0 Å². The number of halogens is 1. The SMILES string of the molecule is Oc1ccccc1C1Nc2c(Cl)cccc2C2C=CCC21. The number of nitrogens with one attached hydrogen (secondary N) is 1. The highest BCUT2D eigenvalue weighted by molar-refractivity contribution is 6.33. The number of phenolic OH excluding ortho intramolecular Hbond substituents is 1. The van der Waals surface area contributed by atoms with Gasteiger partial charge in [-0.2, -0.15) is 0 Å². The van der Waals surface area contributed by atoms with Gasteiger partial charge in [0.25, 0.3) is 0 Å². The van der Waals surface area contributed by atoms with Gasteiger partial charge < -0.3 is 10.4 Å². The average Bonchev–Trinajstić information content (AvgIpc) is 2.97. The van der Waals surface area contributed by atoms with Crippen molar-refractivity contribution in [2.75, 3.05) is 5.32 Å². The van der Waals surface area contributed by atoms with E-state index in [4.69, 9.17) is 11.6 Å². The molecular formula is C18H16ClNO. The van der Waals surface area contributed by atoms with E-state index in [1.165, 1.54) is 5.56 Å². The summed E-state index contributed by atoms with van der Waals surface area (Å²) in [4.78, 5) is 0. The van der Waals surface area contributed by atoms with Crippen LogP contribution in [-0.4, -0.2) is 5.11 Å². The molecular weight excluding hydrogens is 282 g/mol. The summed E-state index contributed by atoms with van der Waals surface area (Å²) in [6, 6.07) is 13.7. The Morgan fingerprint density at radius 1 is 1.05 bits per heavy atom. The van der Waals surface area contributed by atoms with E-state index in [-0.39, 0.29) is 6.04 Å². The lowest BCUT2D eigenvalue weighted by Gasteiger charge is -2.38. The summed E-state index contributed by atoms with van der Waals surface area (Å²) in [6.07, 6.45) is 5.52. The monoisotopic (exact) mass is 297 g/mol. The summed E-state index contributed by atoms with van der Waals surface area (Å²) in [5, 5.41) is 14.5. The third-order valence-corrected chi connectivity index (χ3v) is 4.93. The smallest absolute Gasteiger partial charge is 0.120 e. The van der Waals surface area contributed by atoms with Crippen molar-refractivity contribution in [3.8, 4) is 5.75 Å². The molecule has 0 saturated heterocycles. The molecule has 0 radical (unpaired) electrons. The van der Waals surface area contributed by atoms with Crippen LogP contribution in [0.25, 0.3) is 0 Å². The highest BCUT2D eigenvalue weighted by atomic mass is 35.5. The van der Waals surface area contributed by atoms with Crippen molar-refractivity contribution in [3.63, 3.8) is 0 Å². The molecule has 1 heterocycles. The summed E-state index contributed by atoms with van der Waals surface area (Å²) in [6.45, 7) is 0. The molecule has 3 atom stereocenters. The normalized spacial score (nSPS) is 26.0. The molecule has 2 aliphatic rings. The molecule has 0 spiro atoms. The van der Waals surface area contributed by atoms with Crippen LogP contribution < -0.4 is 5.32 Å². The molecule has 3 heteroatoms. The Balaban J connectivity index is 1.85. The summed E-state index contributed by atoms with van der Waals surface area (Å²) >= 11 is 6.38. The van der Waals surface area contributed by atoms with Gasteiger partial charge in [-0.1, -0.05) is 54.1 Å². The topological polar surface area (TPSA) is 32.3 Å². The molecule has 0 bridgehead atoms. The van der Waals surface area contributed by atoms with E-state index in [0.717, 1.165) is 22.7 Å². The molecule has 0 fully saturated rings. The van der Waals surface area contributed by atoms with Crippen molar-refractivity contribution in [1.29, 1.82) is 0 Å². The second kappa shape index (κ2) is 4.81. The minimum Gasteiger partial charge on any atom is -0.508 e. The molecule has 0 aromatic heterocycles. The molecule has 2 aromatic rings. The van der Waals surface area contributed by atoms with Gasteiger partial charge in [-0.15, -0.1) is 0 Å². The number of para-hydroxylation sites is 2. The number of rotatable bonds is 1. The lowest BCUT2D eigenvalue weighted by Crippen LogP contribution is -2.29. The summed E-state index contributed by atoms with van der Waals surface area (Å²) < 4.78 is 0. The number of fused-ring (bicyclic) bond motifs is 3. The predicted octanol–water partition coefficient (Wildman–Crippen LogP) is 4.87. The van der Waals surface area contributed by atoms with Crippen molar-refractivity contribution in [2.45, 2.75) is 18.4 Å². The number of hydrogen-bond acceptors (Lipinski definition) is 2. The molecule has 1 aliphatic carbocycles. The quantitative estimate of drug-likeness (QED) is 0.736. The van der Waals surface area contributed by atoms with Crippen LogP contribution >= 0.6 is 11.6 Å². The van der Waals surface area contributed by atoms with E-state index in [0.29, 0.717) is 17.6 Å². The zero-order chi connectivity index (χ0) is 14.4. The first-order valence-electron chi connectivity index (χ1n) is 7.25. The third kappa shape index (κ3) is 1.94. The zero-order valence-electron chi connectivity index (χ0n) is 11.5. The Morgan fingerprint density at radius 3 is 2.71 bits per heavy atom. The van der Waals surface area contributed by atoms with Gasteiger partial charge in [-0.05, 0) is 30.0 Å². The number of allylic oxidation sites excluding steroid dienone is 2. The maximum Gasteiger partial charge on any atom is 0.120 e. The molecule has 2 nitrogen and oxygen atoms in total. The van der Waals surface area contributed by atoms with Gasteiger partial charge in [0.2, 0.25) is 0 Å². The molecule has 0 amide bonds. The minimum atomic E-state index is 0.0820. The second-order valence-electron chi connectivity index (χ2n) is 5.74. The average molecular weight is 298 g/mol. The molecule has 1 aliphatic heterocycles. The van der Waals surface area contributed by atoms with E-state index < -0.39 is 0 Å². The largest absolute Gasteiger partial charge is 0.508 e. The number of aromatic hydroxyl groups is 1. The fourth-order valence-corrected chi connectivity index (χ4v) is 3.88. The van der Waals surface area contributed by atoms with Crippen molar-refractivity contribution in [2.24, 2.45) is 5.92 Å². The summed E-state index contributed by atoms with van der Waals surface area (Å²) in [5.74, 6) is 1.13. The first kappa shape index (κ1) is 12.8. The molecule has 0 saturated carbocycles. The number of anilines is 1. The van der Waals surface area contributed by atoms with Crippen LogP contribution in [0.5, 0.6) is 5.75 Å². The lowest BCUT2D eigenvalue weighted by molar-refractivity contribution is 0.402. The standard InChI is InChI=1S/C18H16ClNO/c19-15-9-4-8-13-11-6-3-7-12(11)17(20-18(13)15)14-5-1-2-10-16(14)21/h1-6,8-12,17,20-21H,7H2. The summed E-state index contributed by atoms with van der Waals surface area (Å²) in [7, 11) is 0. The molecule has 106 valence electrons. The van der Waals surface area contributed by atoms with Crippen LogP contribution in [0.15, 0.2) is 54.6 Å². The Labute approximate surface area is 129 Å². The van der Waals surface area contributed by atoms with Crippen molar-refractivity contribution in [3.05, 3.63) is 70.8 Å². The minimum absolute atomic E-state index is 0.0820. The van der Waals surface area contributed by atoms with E-state index in [1.807, 2.05) is 30.3 Å². The Hall–Kier alpha value is -1.93. The predicted molar refractivity (Wildman–Crippen MR) is 85.9 cm³/mol. The fourth-order valence-electron chi connectivity index (χ4n) is 3.64. The Bertz CT molecular complexity index is 725. The van der Waals surface area contributed by atoms with Crippen molar-refractivity contribution < 1.29 is 5.11 Å². The van der Waals surface area contributed by atoms with Gasteiger partial charge >= 0.3 is 0 Å². The highest BCUT2D eigenvalue weighted by Gasteiger charge is 2.39. The number of benzene rings is 2. The highest BCUT2D eigenvalue weighted by Crippen LogP contribution is 2.52. The van der Waals surface area contributed by atoms with Crippen molar-refractivity contribution >= 4 is 17.3 Å².